The summed E-state index contributed by atoms with van der Waals surface area (Å²) in [6.07, 6.45) is 9.01. The summed E-state index contributed by atoms with van der Waals surface area (Å²) in [6, 6.07) is 0. The van der Waals surface area contributed by atoms with E-state index in [1.165, 1.54) is 66.9 Å². The van der Waals surface area contributed by atoms with E-state index in [4.69, 9.17) is 9.47 Å². The fourth-order valence-corrected chi connectivity index (χ4v) is 7.63. The summed E-state index contributed by atoms with van der Waals surface area (Å²) in [5, 5.41) is 0. The lowest BCUT2D eigenvalue weighted by Crippen LogP contribution is -2.08. The van der Waals surface area contributed by atoms with E-state index in [1.54, 1.807) is 0 Å². The van der Waals surface area contributed by atoms with Crippen molar-refractivity contribution in [3.63, 3.8) is 0 Å². The van der Waals surface area contributed by atoms with E-state index in [0.717, 1.165) is 37.5 Å². The van der Waals surface area contributed by atoms with Gasteiger partial charge in [0.2, 0.25) is 0 Å². The highest BCUT2D eigenvalue weighted by molar-refractivity contribution is 9.26. The van der Waals surface area contributed by atoms with Gasteiger partial charge in [-0.25, -0.2) is 0 Å². The van der Waals surface area contributed by atoms with Gasteiger partial charge in [-0.15, -0.1) is 0 Å². The van der Waals surface area contributed by atoms with Crippen LogP contribution in [0.1, 0.15) is 79.1 Å². The van der Waals surface area contributed by atoms with E-state index in [0.29, 0.717) is 24.7 Å². The second-order valence-corrected chi connectivity index (χ2v) is 13.6. The predicted octanol–water partition coefficient (Wildman–Crippen LogP) is 7.18. The van der Waals surface area contributed by atoms with Gasteiger partial charge in [-0.1, -0.05) is 87.8 Å². The molecule has 0 aliphatic heterocycles. The second-order valence-electron chi connectivity index (χ2n) is 7.59. The molecule has 8 heteroatoms. The number of carbonyl (C=O) groups is 2. The molecular formula is C20H38O4S4. The molecule has 0 N–H and O–H groups in total. The van der Waals surface area contributed by atoms with Crippen LogP contribution in [0.3, 0.4) is 0 Å². The van der Waals surface area contributed by atoms with Gasteiger partial charge < -0.3 is 9.47 Å². The van der Waals surface area contributed by atoms with E-state index in [9.17, 15) is 9.59 Å². The summed E-state index contributed by atoms with van der Waals surface area (Å²) in [4.78, 5) is 23.2. The van der Waals surface area contributed by atoms with Gasteiger partial charge in [0.25, 0.3) is 0 Å². The summed E-state index contributed by atoms with van der Waals surface area (Å²) in [7, 11) is 5.89. The molecule has 0 bridgehead atoms. The van der Waals surface area contributed by atoms with Crippen LogP contribution in [0.15, 0.2) is 0 Å². The fourth-order valence-electron chi connectivity index (χ4n) is 2.30. The van der Waals surface area contributed by atoms with Gasteiger partial charge in [-0.2, -0.15) is 0 Å². The van der Waals surface area contributed by atoms with E-state index < -0.39 is 0 Å². The van der Waals surface area contributed by atoms with E-state index in [-0.39, 0.29) is 11.9 Å². The first-order valence-electron chi connectivity index (χ1n) is 10.3. The van der Waals surface area contributed by atoms with Gasteiger partial charge in [-0.05, 0) is 44.3 Å². The Morgan fingerprint density at radius 1 is 0.643 bits per heavy atom. The molecule has 0 rings (SSSR count). The molecule has 0 aliphatic carbocycles. The predicted molar refractivity (Wildman–Crippen MR) is 129 cm³/mol. The van der Waals surface area contributed by atoms with Crippen LogP contribution in [-0.4, -0.2) is 36.7 Å². The van der Waals surface area contributed by atoms with Crippen LogP contribution in [0.4, 0.5) is 0 Å². The Hall–Kier alpha value is 0.340. The molecule has 0 aromatic carbocycles. The Labute approximate surface area is 187 Å². The lowest BCUT2D eigenvalue weighted by atomic mass is 10.1. The number of esters is 2. The van der Waals surface area contributed by atoms with Crippen molar-refractivity contribution in [3.05, 3.63) is 0 Å². The van der Waals surface area contributed by atoms with E-state index in [1.807, 2.05) is 0 Å². The molecule has 0 amide bonds. The van der Waals surface area contributed by atoms with Crippen molar-refractivity contribution in [2.24, 2.45) is 11.8 Å². The number of carbonyl (C=O) groups excluding carboxylic acids is 2. The van der Waals surface area contributed by atoms with Crippen molar-refractivity contribution in [1.82, 2.24) is 0 Å². The van der Waals surface area contributed by atoms with Crippen molar-refractivity contribution < 1.29 is 19.1 Å². The van der Waals surface area contributed by atoms with Crippen molar-refractivity contribution >= 4 is 53.2 Å². The third-order valence-corrected chi connectivity index (χ3v) is 9.99. The zero-order valence-corrected chi connectivity index (χ0v) is 21.2. The van der Waals surface area contributed by atoms with Crippen LogP contribution in [0.25, 0.3) is 0 Å². The minimum Gasteiger partial charge on any atom is -0.465 e. The van der Waals surface area contributed by atoms with Crippen molar-refractivity contribution in [2.75, 3.05) is 24.7 Å². The average molecular weight is 471 g/mol. The lowest BCUT2D eigenvalue weighted by Gasteiger charge is -2.06. The average Bonchev–Trinajstić information content (AvgIpc) is 2.63. The van der Waals surface area contributed by atoms with Gasteiger partial charge >= 0.3 is 11.9 Å². The van der Waals surface area contributed by atoms with Crippen LogP contribution < -0.4 is 0 Å². The number of unbranched alkanes of at least 4 members (excludes halogenated alkanes) is 4. The molecule has 0 aliphatic rings. The van der Waals surface area contributed by atoms with Crippen LogP contribution in [0.2, 0.25) is 0 Å². The number of rotatable bonds is 19. The molecule has 0 aromatic heterocycles. The van der Waals surface area contributed by atoms with Gasteiger partial charge in [0.1, 0.15) is 11.5 Å². The normalized spacial score (nSPS) is 11.2. The SMILES string of the molecule is CC(C)CCCCCOC(=O)CSSSSCC(=O)OCCCCCC(C)C. The third-order valence-electron chi connectivity index (χ3n) is 3.86. The van der Waals surface area contributed by atoms with Gasteiger partial charge in [0.15, 0.2) is 0 Å². The van der Waals surface area contributed by atoms with Crippen molar-refractivity contribution in [3.8, 4) is 0 Å². The minimum atomic E-state index is -0.163. The van der Waals surface area contributed by atoms with Gasteiger partial charge in [0, 0.05) is 0 Å². The Morgan fingerprint density at radius 3 is 1.39 bits per heavy atom. The summed E-state index contributed by atoms with van der Waals surface area (Å²) in [5.41, 5.74) is 0. The van der Waals surface area contributed by atoms with Crippen LogP contribution in [-0.2, 0) is 19.1 Å². The maximum atomic E-state index is 11.6. The quantitative estimate of drug-likeness (QED) is 0.112. The molecule has 0 heterocycles. The molecular weight excluding hydrogens is 432 g/mol. The summed E-state index contributed by atoms with van der Waals surface area (Å²) in [6.45, 7) is 9.95. The zero-order valence-electron chi connectivity index (χ0n) is 17.9. The molecule has 28 heavy (non-hydrogen) atoms. The maximum absolute atomic E-state index is 11.6. The second kappa shape index (κ2) is 20.6. The molecule has 0 radical (unpaired) electrons. The maximum Gasteiger partial charge on any atom is 0.316 e. The number of hydrogen-bond donors (Lipinski definition) is 0. The van der Waals surface area contributed by atoms with Crippen LogP contribution >= 0.6 is 41.2 Å². The van der Waals surface area contributed by atoms with E-state index >= 15 is 0 Å². The first kappa shape index (κ1) is 28.3. The van der Waals surface area contributed by atoms with Gasteiger partial charge in [-0.3, -0.25) is 9.59 Å². The highest BCUT2D eigenvalue weighted by Gasteiger charge is 2.06. The summed E-state index contributed by atoms with van der Waals surface area (Å²) in [5.74, 6) is 1.84. The molecule has 0 saturated heterocycles. The zero-order chi connectivity index (χ0) is 21.0. The van der Waals surface area contributed by atoms with Crippen LogP contribution in [0.5, 0.6) is 0 Å². The largest absolute Gasteiger partial charge is 0.465 e. The monoisotopic (exact) mass is 470 g/mol. The van der Waals surface area contributed by atoms with Crippen molar-refractivity contribution in [2.45, 2.75) is 79.1 Å². The minimum absolute atomic E-state index is 0.163. The molecule has 0 atom stereocenters. The molecule has 0 saturated carbocycles. The molecule has 166 valence electrons. The Bertz CT molecular complexity index is 356. The standard InChI is InChI=1S/C20H38O4S4/c1-17(2)11-7-5-9-13-23-19(21)15-25-27-28-26-16-20(22)24-14-10-6-8-12-18(3)4/h17-18H,5-16H2,1-4H3. The number of hydrogen-bond acceptors (Lipinski definition) is 8. The topological polar surface area (TPSA) is 52.6 Å². The summed E-state index contributed by atoms with van der Waals surface area (Å²) < 4.78 is 10.4. The number of ether oxygens (including phenoxy) is 2. The summed E-state index contributed by atoms with van der Waals surface area (Å²) >= 11 is 0. The lowest BCUT2D eigenvalue weighted by molar-refractivity contribution is -0.141. The molecule has 4 nitrogen and oxygen atoms in total. The van der Waals surface area contributed by atoms with Gasteiger partial charge in [0.05, 0.1) is 13.2 Å². The Balaban J connectivity index is 3.32. The molecule has 0 fully saturated rings. The molecule has 0 unspecified atom stereocenters. The first-order valence-corrected chi connectivity index (χ1v) is 15.5. The van der Waals surface area contributed by atoms with E-state index in [2.05, 4.69) is 27.7 Å². The van der Waals surface area contributed by atoms with Crippen molar-refractivity contribution in [1.29, 1.82) is 0 Å². The molecule has 0 aromatic rings. The smallest absolute Gasteiger partial charge is 0.316 e. The fraction of sp³-hybridized carbons (Fsp3) is 0.900. The Morgan fingerprint density at radius 2 is 1.04 bits per heavy atom. The highest BCUT2D eigenvalue weighted by Crippen LogP contribution is 2.42. The van der Waals surface area contributed by atoms with Crippen LogP contribution in [0, 0.1) is 11.8 Å². The first-order chi connectivity index (χ1) is 13.4. The molecule has 0 spiro atoms. The highest BCUT2D eigenvalue weighted by atomic mass is 33.7. The Kier molecular flexibility index (Phi) is 20.9. The third kappa shape index (κ3) is 22.6.